The number of fused-ring (bicyclic) bond motifs is 4. The van der Waals surface area contributed by atoms with Gasteiger partial charge < -0.3 is 15.3 Å². The number of rotatable bonds is 6. The monoisotopic (exact) mass is 514 g/mol. The fraction of sp³-hybridized carbons (Fsp3) is 0.733. The van der Waals surface area contributed by atoms with E-state index in [0.29, 0.717) is 30.4 Å². The maximum absolute atomic E-state index is 14.0. The Morgan fingerprint density at radius 1 is 1.05 bits per heavy atom. The molecule has 37 heavy (non-hydrogen) atoms. The number of carboxylic acid groups (broad SMARTS) is 1. The van der Waals surface area contributed by atoms with Crippen LogP contribution < -0.4 is 0 Å². The Labute approximate surface area is 219 Å². The minimum Gasteiger partial charge on any atom is -0.481 e. The SMILES string of the molecule is CC(CC(=O)CC(C)C1=CC(=O)[C@@]2(C)C3=C(C(=O)C[C@]12C)[C@@]1(C)CC[C@H](O)C(C)(C)[C@@H]1C[C@@H]3O)C(=O)O. The fourth-order valence-electron chi connectivity index (χ4n) is 8.54. The quantitative estimate of drug-likeness (QED) is 0.488. The number of Topliss-reactive ketones (excluding diaryl/α,β-unsaturated/α-hetero) is 2. The molecule has 204 valence electrons. The molecule has 2 unspecified atom stereocenters. The smallest absolute Gasteiger partial charge is 0.306 e. The summed E-state index contributed by atoms with van der Waals surface area (Å²) in [6.07, 6.45) is 1.76. The van der Waals surface area contributed by atoms with E-state index < -0.39 is 45.8 Å². The van der Waals surface area contributed by atoms with Crippen LogP contribution in [0.2, 0.25) is 0 Å². The van der Waals surface area contributed by atoms with Gasteiger partial charge in [0.1, 0.15) is 5.78 Å². The van der Waals surface area contributed by atoms with E-state index in [9.17, 15) is 29.4 Å². The number of hydrogen-bond acceptors (Lipinski definition) is 6. The summed E-state index contributed by atoms with van der Waals surface area (Å²) in [7, 11) is 0. The third kappa shape index (κ3) is 3.75. The van der Waals surface area contributed by atoms with Gasteiger partial charge in [-0.25, -0.2) is 0 Å². The Hall–Kier alpha value is -2.12. The minimum absolute atomic E-state index is 0.0629. The predicted molar refractivity (Wildman–Crippen MR) is 137 cm³/mol. The molecule has 0 saturated heterocycles. The van der Waals surface area contributed by atoms with Gasteiger partial charge in [0.2, 0.25) is 0 Å². The Balaban J connectivity index is 1.75. The van der Waals surface area contributed by atoms with Gasteiger partial charge in [-0.1, -0.05) is 47.1 Å². The van der Waals surface area contributed by atoms with Gasteiger partial charge in [-0.15, -0.1) is 0 Å². The summed E-state index contributed by atoms with van der Waals surface area (Å²) in [6, 6.07) is 0. The summed E-state index contributed by atoms with van der Waals surface area (Å²) in [5.41, 5.74) is -1.17. The first-order valence-electron chi connectivity index (χ1n) is 13.6. The number of aliphatic hydroxyl groups excluding tert-OH is 2. The average Bonchev–Trinajstić information content (AvgIpc) is 2.99. The van der Waals surface area contributed by atoms with Gasteiger partial charge in [0, 0.05) is 30.3 Å². The van der Waals surface area contributed by atoms with Gasteiger partial charge in [0.25, 0.3) is 0 Å². The molecule has 4 aliphatic rings. The molecule has 0 spiro atoms. The first-order valence-corrected chi connectivity index (χ1v) is 13.6. The molecule has 0 aromatic carbocycles. The van der Waals surface area contributed by atoms with Gasteiger partial charge in [-0.2, -0.15) is 0 Å². The van der Waals surface area contributed by atoms with E-state index in [-0.39, 0.29) is 48.4 Å². The van der Waals surface area contributed by atoms with E-state index in [1.54, 1.807) is 6.08 Å². The molecule has 0 aromatic rings. The molecule has 4 rings (SSSR count). The molecule has 1 saturated carbocycles. The third-order valence-electron chi connectivity index (χ3n) is 11.0. The number of allylic oxidation sites excluding steroid dienone is 3. The van der Waals surface area contributed by atoms with E-state index >= 15 is 0 Å². The maximum Gasteiger partial charge on any atom is 0.306 e. The highest BCUT2D eigenvalue weighted by atomic mass is 16.4. The molecular formula is C30H42O7. The zero-order chi connectivity index (χ0) is 27.9. The Morgan fingerprint density at radius 3 is 2.27 bits per heavy atom. The average molecular weight is 515 g/mol. The lowest BCUT2D eigenvalue weighted by atomic mass is 9.42. The topological polar surface area (TPSA) is 129 Å². The molecule has 7 nitrogen and oxygen atoms in total. The van der Waals surface area contributed by atoms with Crippen LogP contribution in [0.3, 0.4) is 0 Å². The highest BCUT2D eigenvalue weighted by Gasteiger charge is 2.68. The number of aliphatic hydroxyl groups is 2. The van der Waals surface area contributed by atoms with Gasteiger partial charge in [0.15, 0.2) is 11.6 Å². The molecule has 0 amide bonds. The van der Waals surface area contributed by atoms with Crippen molar-refractivity contribution in [3.8, 4) is 0 Å². The summed E-state index contributed by atoms with van der Waals surface area (Å²) in [6.45, 7) is 13.2. The molecule has 4 aliphatic carbocycles. The van der Waals surface area contributed by atoms with E-state index in [0.717, 1.165) is 5.57 Å². The van der Waals surface area contributed by atoms with E-state index in [2.05, 4.69) is 6.92 Å². The van der Waals surface area contributed by atoms with Gasteiger partial charge in [-0.3, -0.25) is 19.2 Å². The second-order valence-corrected chi connectivity index (χ2v) is 13.5. The Morgan fingerprint density at radius 2 is 1.68 bits per heavy atom. The van der Waals surface area contributed by atoms with E-state index in [4.69, 9.17) is 5.11 Å². The molecule has 1 fully saturated rings. The number of carbonyl (C=O) groups is 4. The molecular weight excluding hydrogens is 472 g/mol. The van der Waals surface area contributed by atoms with Crippen LogP contribution in [-0.4, -0.2) is 50.8 Å². The summed E-state index contributed by atoms with van der Waals surface area (Å²) in [5, 5.41) is 31.5. The molecule has 0 aliphatic heterocycles. The number of hydrogen-bond donors (Lipinski definition) is 3. The second kappa shape index (κ2) is 8.70. The molecule has 0 bridgehead atoms. The van der Waals surface area contributed by atoms with E-state index in [1.807, 2.05) is 34.6 Å². The van der Waals surface area contributed by atoms with Crippen LogP contribution >= 0.6 is 0 Å². The van der Waals surface area contributed by atoms with E-state index in [1.165, 1.54) is 6.92 Å². The number of carbonyl (C=O) groups excluding carboxylic acids is 3. The van der Waals surface area contributed by atoms with Gasteiger partial charge >= 0.3 is 5.97 Å². The van der Waals surface area contributed by atoms with Crippen molar-refractivity contribution in [2.75, 3.05) is 0 Å². The van der Waals surface area contributed by atoms with Crippen LogP contribution in [0.25, 0.3) is 0 Å². The Bertz CT molecular complexity index is 1130. The van der Waals surface area contributed by atoms with Gasteiger partial charge in [-0.05, 0) is 60.5 Å². The van der Waals surface area contributed by atoms with Crippen molar-refractivity contribution in [3.05, 3.63) is 22.8 Å². The summed E-state index contributed by atoms with van der Waals surface area (Å²) < 4.78 is 0. The number of aliphatic carboxylic acids is 1. The third-order valence-corrected chi connectivity index (χ3v) is 11.0. The summed E-state index contributed by atoms with van der Waals surface area (Å²) in [4.78, 5) is 51.7. The lowest BCUT2D eigenvalue weighted by molar-refractivity contribution is -0.143. The highest BCUT2D eigenvalue weighted by Crippen LogP contribution is 2.69. The molecule has 0 radical (unpaired) electrons. The van der Waals surface area contributed by atoms with Crippen molar-refractivity contribution in [2.45, 2.75) is 99.2 Å². The van der Waals surface area contributed by atoms with Crippen molar-refractivity contribution < 1.29 is 34.5 Å². The lowest BCUT2D eigenvalue weighted by Crippen LogP contribution is -2.60. The summed E-state index contributed by atoms with van der Waals surface area (Å²) >= 11 is 0. The fourth-order valence-corrected chi connectivity index (χ4v) is 8.54. The molecule has 3 N–H and O–H groups in total. The molecule has 8 atom stereocenters. The first-order chi connectivity index (χ1) is 16.9. The second-order valence-electron chi connectivity index (χ2n) is 13.5. The highest BCUT2D eigenvalue weighted by molar-refractivity contribution is 6.09. The van der Waals surface area contributed by atoms with Crippen LogP contribution in [0, 0.1) is 39.4 Å². The number of carboxylic acids is 1. The van der Waals surface area contributed by atoms with Gasteiger partial charge in [0.05, 0.1) is 23.5 Å². The summed E-state index contributed by atoms with van der Waals surface area (Å²) in [5.74, 6) is -2.66. The van der Waals surface area contributed by atoms with Crippen LogP contribution in [0.1, 0.15) is 87.0 Å². The maximum atomic E-state index is 14.0. The van der Waals surface area contributed by atoms with Crippen molar-refractivity contribution in [1.82, 2.24) is 0 Å². The van der Waals surface area contributed by atoms with Crippen molar-refractivity contribution in [2.24, 2.45) is 39.4 Å². The largest absolute Gasteiger partial charge is 0.481 e. The predicted octanol–water partition coefficient (Wildman–Crippen LogP) is 4.05. The van der Waals surface area contributed by atoms with Crippen molar-refractivity contribution in [1.29, 1.82) is 0 Å². The zero-order valence-corrected chi connectivity index (χ0v) is 23.2. The number of ketones is 3. The first kappa shape index (κ1) is 27.9. The van der Waals surface area contributed by atoms with Crippen LogP contribution in [0.4, 0.5) is 0 Å². The lowest BCUT2D eigenvalue weighted by Gasteiger charge is -2.61. The normalized spacial score (nSPS) is 40.4. The Kier molecular flexibility index (Phi) is 6.56. The van der Waals surface area contributed by atoms with Crippen molar-refractivity contribution >= 4 is 23.3 Å². The zero-order valence-electron chi connectivity index (χ0n) is 23.2. The van der Waals surface area contributed by atoms with Crippen molar-refractivity contribution in [3.63, 3.8) is 0 Å². The molecule has 0 aromatic heterocycles. The minimum atomic E-state index is -1.11. The van der Waals surface area contributed by atoms with Crippen LogP contribution in [0.5, 0.6) is 0 Å². The molecule has 7 heteroatoms. The van der Waals surface area contributed by atoms with Crippen LogP contribution in [-0.2, 0) is 19.2 Å². The molecule has 0 heterocycles. The standard InChI is InChI=1S/C30H42O7/c1-15(10-17(31)11-16(2)26(36)37)18-12-23(35)30(7)25-19(32)13-21-27(3,4)22(34)8-9-28(21,5)24(25)20(33)14-29(18,30)6/h12,15-16,19,21-22,32,34H,8-11,13-14H2,1-7H3,(H,36,37)/t15?,16?,19-,21-,22-,28-,29+,30-/m0/s1. The van der Waals surface area contributed by atoms with Crippen LogP contribution in [0.15, 0.2) is 22.8 Å².